The van der Waals surface area contributed by atoms with Crippen molar-refractivity contribution in [2.45, 2.75) is 32.2 Å². The highest BCUT2D eigenvalue weighted by molar-refractivity contribution is 6.30. The van der Waals surface area contributed by atoms with Gasteiger partial charge in [0.1, 0.15) is 12.1 Å². The first-order valence-electron chi connectivity index (χ1n) is 8.44. The quantitative estimate of drug-likeness (QED) is 0.716. The fourth-order valence-electron chi connectivity index (χ4n) is 3.58. The summed E-state index contributed by atoms with van der Waals surface area (Å²) < 4.78 is 15.9. The Morgan fingerprint density at radius 2 is 2.20 bits per heavy atom. The predicted octanol–water partition coefficient (Wildman–Crippen LogP) is 3.60. The molecule has 7 heteroatoms. The zero-order chi connectivity index (χ0) is 17.4. The van der Waals surface area contributed by atoms with Gasteiger partial charge in [-0.25, -0.2) is 13.9 Å². The lowest BCUT2D eigenvalue weighted by atomic mass is 9.93. The fraction of sp³-hybridized carbons (Fsp3) is 0.389. The Labute approximate surface area is 150 Å². The number of halogens is 2. The van der Waals surface area contributed by atoms with Crippen LogP contribution in [0.5, 0.6) is 0 Å². The summed E-state index contributed by atoms with van der Waals surface area (Å²) in [5.41, 5.74) is 2.75. The highest BCUT2D eigenvalue weighted by Crippen LogP contribution is 2.28. The molecule has 25 heavy (non-hydrogen) atoms. The fourth-order valence-corrected chi connectivity index (χ4v) is 3.74. The van der Waals surface area contributed by atoms with Gasteiger partial charge in [-0.3, -0.25) is 4.90 Å². The number of hydrogen-bond donors (Lipinski definition) is 0. The summed E-state index contributed by atoms with van der Waals surface area (Å²) >= 11 is 5.85. The van der Waals surface area contributed by atoms with E-state index in [9.17, 15) is 4.39 Å². The number of piperidine rings is 1. The topological polar surface area (TPSA) is 46.3 Å². The molecular weight excluding hydrogens is 341 g/mol. The van der Waals surface area contributed by atoms with Crippen LogP contribution in [-0.2, 0) is 6.54 Å². The molecule has 0 spiro atoms. The van der Waals surface area contributed by atoms with Crippen LogP contribution in [0, 0.1) is 12.7 Å². The van der Waals surface area contributed by atoms with Crippen molar-refractivity contribution >= 4 is 17.4 Å². The molecule has 0 bridgehead atoms. The molecule has 2 aromatic heterocycles. The third-order valence-corrected chi connectivity index (χ3v) is 4.98. The van der Waals surface area contributed by atoms with Crippen LogP contribution in [0.1, 0.15) is 35.7 Å². The summed E-state index contributed by atoms with van der Waals surface area (Å²) in [6, 6.07) is 6.97. The standard InChI is InChI=1S/C18H19ClFN5/c1-12-7-17(25-18(23-12)21-11-22-25)14-3-2-6-24(10-14)9-13-4-5-15(19)8-16(13)20/h4-5,7-8,11,14H,2-3,6,9-10H2,1H3. The van der Waals surface area contributed by atoms with Gasteiger partial charge in [0, 0.05) is 35.3 Å². The van der Waals surface area contributed by atoms with Gasteiger partial charge in [-0.15, -0.1) is 0 Å². The summed E-state index contributed by atoms with van der Waals surface area (Å²) in [7, 11) is 0. The number of fused-ring (bicyclic) bond motifs is 1. The average Bonchev–Trinajstić information content (AvgIpc) is 3.05. The lowest BCUT2D eigenvalue weighted by Crippen LogP contribution is -2.35. The summed E-state index contributed by atoms with van der Waals surface area (Å²) in [5, 5.41) is 4.75. The van der Waals surface area contributed by atoms with Crippen molar-refractivity contribution in [3.05, 3.63) is 58.4 Å². The summed E-state index contributed by atoms with van der Waals surface area (Å²) in [5.74, 6) is 0.721. The van der Waals surface area contributed by atoms with Crippen LogP contribution in [0.2, 0.25) is 5.02 Å². The van der Waals surface area contributed by atoms with Gasteiger partial charge in [-0.1, -0.05) is 17.7 Å². The minimum absolute atomic E-state index is 0.243. The van der Waals surface area contributed by atoms with Gasteiger partial charge in [0.25, 0.3) is 5.78 Å². The zero-order valence-corrected chi connectivity index (χ0v) is 14.7. The Morgan fingerprint density at radius 3 is 3.04 bits per heavy atom. The molecule has 0 saturated carbocycles. The molecule has 0 amide bonds. The number of aromatic nitrogens is 4. The van der Waals surface area contributed by atoms with E-state index in [2.05, 4.69) is 26.0 Å². The van der Waals surface area contributed by atoms with E-state index in [0.29, 0.717) is 28.8 Å². The lowest BCUT2D eigenvalue weighted by molar-refractivity contribution is 0.195. The van der Waals surface area contributed by atoms with E-state index in [0.717, 1.165) is 37.3 Å². The lowest BCUT2D eigenvalue weighted by Gasteiger charge is -2.33. The minimum Gasteiger partial charge on any atom is -0.298 e. The third-order valence-electron chi connectivity index (χ3n) is 4.74. The molecule has 3 aromatic rings. The van der Waals surface area contributed by atoms with E-state index < -0.39 is 0 Å². The number of rotatable bonds is 3. The first-order valence-corrected chi connectivity index (χ1v) is 8.81. The van der Waals surface area contributed by atoms with Crippen LogP contribution in [0.4, 0.5) is 4.39 Å². The van der Waals surface area contributed by atoms with E-state index in [1.165, 1.54) is 12.4 Å². The second kappa shape index (κ2) is 6.69. The summed E-state index contributed by atoms with van der Waals surface area (Å²) in [6.45, 7) is 4.38. The Morgan fingerprint density at radius 1 is 1.32 bits per heavy atom. The molecule has 0 aliphatic carbocycles. The number of benzene rings is 1. The van der Waals surface area contributed by atoms with Gasteiger partial charge in [-0.2, -0.15) is 10.1 Å². The second-order valence-corrected chi connectivity index (χ2v) is 7.04. The van der Waals surface area contributed by atoms with Crippen molar-refractivity contribution in [1.29, 1.82) is 0 Å². The van der Waals surface area contributed by atoms with Gasteiger partial charge in [0.05, 0.1) is 5.69 Å². The molecular formula is C18H19ClFN5. The first kappa shape index (κ1) is 16.4. The van der Waals surface area contributed by atoms with Gasteiger partial charge >= 0.3 is 0 Å². The van der Waals surface area contributed by atoms with Crippen LogP contribution in [-0.4, -0.2) is 37.6 Å². The monoisotopic (exact) mass is 359 g/mol. The average molecular weight is 360 g/mol. The highest BCUT2D eigenvalue weighted by Gasteiger charge is 2.25. The molecule has 1 saturated heterocycles. The molecule has 1 atom stereocenters. The first-order chi connectivity index (χ1) is 12.1. The largest absolute Gasteiger partial charge is 0.298 e. The van der Waals surface area contributed by atoms with Gasteiger partial charge in [0.15, 0.2) is 0 Å². The van der Waals surface area contributed by atoms with E-state index in [1.54, 1.807) is 12.1 Å². The van der Waals surface area contributed by atoms with E-state index in [-0.39, 0.29) is 5.82 Å². The molecule has 1 aliphatic heterocycles. The van der Waals surface area contributed by atoms with Crippen molar-refractivity contribution in [2.75, 3.05) is 13.1 Å². The Kier molecular flexibility index (Phi) is 4.39. The molecule has 1 fully saturated rings. The number of hydrogen-bond acceptors (Lipinski definition) is 4. The number of likely N-dealkylation sites (tertiary alicyclic amines) is 1. The van der Waals surface area contributed by atoms with Crippen molar-refractivity contribution in [2.24, 2.45) is 0 Å². The molecule has 1 aromatic carbocycles. The molecule has 4 rings (SSSR count). The highest BCUT2D eigenvalue weighted by atomic mass is 35.5. The zero-order valence-electron chi connectivity index (χ0n) is 14.0. The normalized spacial score (nSPS) is 18.8. The van der Waals surface area contributed by atoms with E-state index in [1.807, 2.05) is 11.4 Å². The van der Waals surface area contributed by atoms with Gasteiger partial charge in [-0.05, 0) is 44.5 Å². The van der Waals surface area contributed by atoms with E-state index in [4.69, 9.17) is 11.6 Å². The van der Waals surface area contributed by atoms with Crippen molar-refractivity contribution in [1.82, 2.24) is 24.5 Å². The van der Waals surface area contributed by atoms with Gasteiger partial charge < -0.3 is 0 Å². The summed E-state index contributed by atoms with van der Waals surface area (Å²) in [6.07, 6.45) is 3.68. The Bertz CT molecular complexity index is 910. The number of aryl methyl sites for hydroxylation is 1. The Balaban J connectivity index is 1.57. The number of nitrogens with zero attached hydrogens (tertiary/aromatic N) is 5. The van der Waals surface area contributed by atoms with E-state index >= 15 is 0 Å². The maximum absolute atomic E-state index is 14.1. The second-order valence-electron chi connectivity index (χ2n) is 6.60. The van der Waals surface area contributed by atoms with Crippen molar-refractivity contribution in [3.8, 4) is 0 Å². The molecule has 3 heterocycles. The van der Waals surface area contributed by atoms with Crippen LogP contribution in [0.3, 0.4) is 0 Å². The smallest absolute Gasteiger partial charge is 0.252 e. The third kappa shape index (κ3) is 3.37. The van der Waals surface area contributed by atoms with Crippen molar-refractivity contribution in [3.63, 3.8) is 0 Å². The predicted molar refractivity (Wildman–Crippen MR) is 94.2 cm³/mol. The molecule has 5 nitrogen and oxygen atoms in total. The van der Waals surface area contributed by atoms with Crippen LogP contribution in [0.25, 0.3) is 5.78 Å². The summed E-state index contributed by atoms with van der Waals surface area (Å²) in [4.78, 5) is 10.9. The van der Waals surface area contributed by atoms with Crippen LogP contribution < -0.4 is 0 Å². The van der Waals surface area contributed by atoms with Crippen LogP contribution in [0.15, 0.2) is 30.6 Å². The molecule has 130 valence electrons. The Hall–Kier alpha value is -2.05. The maximum Gasteiger partial charge on any atom is 0.252 e. The van der Waals surface area contributed by atoms with Crippen molar-refractivity contribution < 1.29 is 4.39 Å². The SMILES string of the molecule is Cc1cc(C2CCCN(Cc3ccc(Cl)cc3F)C2)n2ncnc2n1. The molecule has 1 aliphatic rings. The maximum atomic E-state index is 14.1. The molecule has 0 N–H and O–H groups in total. The molecule has 0 radical (unpaired) electrons. The van der Waals surface area contributed by atoms with Gasteiger partial charge in [0.2, 0.25) is 0 Å². The minimum atomic E-state index is -0.243. The van der Waals surface area contributed by atoms with Crippen LogP contribution >= 0.6 is 11.6 Å². The molecule has 1 unspecified atom stereocenters.